The molecule has 0 bridgehead atoms. The SMILES string of the molecule is CC1C=NC(NC(O)CN(C)C)=CC1. The van der Waals surface area contributed by atoms with Crippen LogP contribution in [0.15, 0.2) is 16.9 Å². The first-order chi connectivity index (χ1) is 6.58. The van der Waals surface area contributed by atoms with Gasteiger partial charge >= 0.3 is 0 Å². The summed E-state index contributed by atoms with van der Waals surface area (Å²) >= 11 is 0. The van der Waals surface area contributed by atoms with Gasteiger partial charge in [-0.1, -0.05) is 6.92 Å². The second-order valence-electron chi connectivity index (χ2n) is 4.00. The summed E-state index contributed by atoms with van der Waals surface area (Å²) in [5.74, 6) is 1.28. The fraction of sp³-hybridized carbons (Fsp3) is 0.700. The number of nitrogens with zero attached hydrogens (tertiary/aromatic N) is 2. The Hall–Kier alpha value is -0.870. The number of hydrogen-bond acceptors (Lipinski definition) is 4. The molecule has 0 saturated heterocycles. The maximum atomic E-state index is 9.57. The van der Waals surface area contributed by atoms with Gasteiger partial charge in [0.25, 0.3) is 0 Å². The van der Waals surface area contributed by atoms with Crippen LogP contribution in [0.5, 0.6) is 0 Å². The third-order valence-corrected chi connectivity index (χ3v) is 2.00. The number of likely N-dealkylation sites (N-methyl/N-ethyl adjacent to an activating group) is 1. The van der Waals surface area contributed by atoms with Gasteiger partial charge in [0.2, 0.25) is 0 Å². The molecular weight excluding hydrogens is 178 g/mol. The molecule has 0 aromatic heterocycles. The highest BCUT2D eigenvalue weighted by Crippen LogP contribution is 2.09. The zero-order valence-electron chi connectivity index (χ0n) is 9.07. The van der Waals surface area contributed by atoms with E-state index in [2.05, 4.69) is 17.2 Å². The van der Waals surface area contributed by atoms with Gasteiger partial charge in [0, 0.05) is 12.8 Å². The molecule has 0 aliphatic carbocycles. The van der Waals surface area contributed by atoms with E-state index in [1.807, 2.05) is 31.3 Å². The molecule has 0 saturated carbocycles. The maximum absolute atomic E-state index is 9.57. The van der Waals surface area contributed by atoms with Crippen LogP contribution in [0.4, 0.5) is 0 Å². The summed E-state index contributed by atoms with van der Waals surface area (Å²) in [5, 5.41) is 12.5. The second kappa shape index (κ2) is 5.12. The predicted molar refractivity (Wildman–Crippen MR) is 58.1 cm³/mol. The topological polar surface area (TPSA) is 47.9 Å². The lowest BCUT2D eigenvalue weighted by Crippen LogP contribution is -2.37. The van der Waals surface area contributed by atoms with Gasteiger partial charge in [-0.05, 0) is 32.5 Å². The molecule has 1 rings (SSSR count). The molecule has 80 valence electrons. The predicted octanol–water partition coefficient (Wildman–Crippen LogP) is 0.408. The van der Waals surface area contributed by atoms with Crippen molar-refractivity contribution in [3.63, 3.8) is 0 Å². The standard InChI is InChI=1S/C10H19N3O/c1-8-4-5-9(11-6-8)12-10(14)7-13(2)3/h5-6,8,10,12,14H,4,7H2,1-3H3. The molecular formula is C10H19N3O. The van der Waals surface area contributed by atoms with Crippen LogP contribution in [-0.4, -0.2) is 43.1 Å². The van der Waals surface area contributed by atoms with Gasteiger partial charge in [-0.2, -0.15) is 0 Å². The van der Waals surface area contributed by atoms with Gasteiger partial charge in [0.05, 0.1) is 0 Å². The summed E-state index contributed by atoms with van der Waals surface area (Å²) in [5.41, 5.74) is 0. The third-order valence-electron chi connectivity index (χ3n) is 2.00. The zero-order chi connectivity index (χ0) is 10.6. The van der Waals surface area contributed by atoms with Gasteiger partial charge in [0.15, 0.2) is 0 Å². The van der Waals surface area contributed by atoms with Crippen LogP contribution in [0, 0.1) is 5.92 Å². The van der Waals surface area contributed by atoms with E-state index >= 15 is 0 Å². The monoisotopic (exact) mass is 197 g/mol. The van der Waals surface area contributed by atoms with Crippen LogP contribution >= 0.6 is 0 Å². The zero-order valence-corrected chi connectivity index (χ0v) is 9.07. The number of aliphatic imine (C=N–C) groups is 1. The van der Waals surface area contributed by atoms with Gasteiger partial charge in [-0.25, -0.2) is 4.99 Å². The molecule has 0 aromatic carbocycles. The number of hydrogen-bond donors (Lipinski definition) is 2. The summed E-state index contributed by atoms with van der Waals surface area (Å²) in [6.07, 6.45) is 4.36. The Balaban J connectivity index is 2.34. The van der Waals surface area contributed by atoms with E-state index in [4.69, 9.17) is 0 Å². The first kappa shape index (κ1) is 11.2. The Morgan fingerprint density at radius 3 is 2.93 bits per heavy atom. The Morgan fingerprint density at radius 1 is 1.71 bits per heavy atom. The summed E-state index contributed by atoms with van der Waals surface area (Å²) < 4.78 is 0. The van der Waals surface area contributed by atoms with Crippen molar-refractivity contribution < 1.29 is 5.11 Å². The molecule has 4 nitrogen and oxygen atoms in total. The Labute approximate surface area is 85.3 Å². The molecule has 4 heteroatoms. The Morgan fingerprint density at radius 2 is 2.43 bits per heavy atom. The van der Waals surface area contributed by atoms with Crippen molar-refractivity contribution in [2.75, 3.05) is 20.6 Å². The quantitative estimate of drug-likeness (QED) is 0.642. The van der Waals surface area contributed by atoms with Crippen LogP contribution in [0.25, 0.3) is 0 Å². The van der Waals surface area contributed by atoms with E-state index < -0.39 is 6.23 Å². The van der Waals surface area contributed by atoms with Crippen molar-refractivity contribution in [3.8, 4) is 0 Å². The molecule has 2 atom stereocenters. The van der Waals surface area contributed by atoms with Gasteiger partial charge < -0.3 is 15.3 Å². The summed E-state index contributed by atoms with van der Waals surface area (Å²) in [6, 6.07) is 0. The van der Waals surface area contributed by atoms with Gasteiger partial charge in [-0.3, -0.25) is 0 Å². The number of aliphatic hydroxyl groups excluding tert-OH is 1. The smallest absolute Gasteiger partial charge is 0.138 e. The minimum absolute atomic E-state index is 0.506. The number of aliphatic hydroxyl groups is 1. The normalized spacial score (nSPS) is 23.5. The number of rotatable bonds is 4. The highest BCUT2D eigenvalue weighted by Gasteiger charge is 2.09. The summed E-state index contributed by atoms with van der Waals surface area (Å²) in [4.78, 5) is 6.13. The lowest BCUT2D eigenvalue weighted by atomic mass is 10.1. The van der Waals surface area contributed by atoms with Crippen LogP contribution < -0.4 is 5.32 Å². The number of allylic oxidation sites excluding steroid dienone is 1. The Kier molecular flexibility index (Phi) is 4.10. The van der Waals surface area contributed by atoms with E-state index in [-0.39, 0.29) is 0 Å². The average Bonchev–Trinajstić information content (AvgIpc) is 2.07. The fourth-order valence-electron chi connectivity index (χ4n) is 1.28. The molecule has 0 spiro atoms. The van der Waals surface area contributed by atoms with E-state index in [1.54, 1.807) is 0 Å². The number of nitrogens with one attached hydrogen (secondary N) is 1. The van der Waals surface area contributed by atoms with Crippen molar-refractivity contribution in [3.05, 3.63) is 11.9 Å². The molecule has 14 heavy (non-hydrogen) atoms. The third kappa shape index (κ3) is 3.89. The van der Waals surface area contributed by atoms with Crippen molar-refractivity contribution in [1.29, 1.82) is 0 Å². The molecule has 0 radical (unpaired) electrons. The van der Waals surface area contributed by atoms with Crippen LogP contribution in [0.2, 0.25) is 0 Å². The molecule has 0 fully saturated rings. The van der Waals surface area contributed by atoms with Gasteiger partial charge in [0.1, 0.15) is 12.0 Å². The van der Waals surface area contributed by atoms with Gasteiger partial charge in [-0.15, -0.1) is 0 Å². The lowest BCUT2D eigenvalue weighted by molar-refractivity contribution is 0.114. The molecule has 0 aromatic rings. The lowest BCUT2D eigenvalue weighted by Gasteiger charge is -2.20. The Bertz CT molecular complexity index is 236. The van der Waals surface area contributed by atoms with Crippen molar-refractivity contribution in [2.45, 2.75) is 19.6 Å². The second-order valence-corrected chi connectivity index (χ2v) is 4.00. The van der Waals surface area contributed by atoms with Crippen molar-refractivity contribution in [1.82, 2.24) is 10.2 Å². The van der Waals surface area contributed by atoms with Crippen molar-refractivity contribution in [2.24, 2.45) is 10.9 Å². The molecule has 2 unspecified atom stereocenters. The highest BCUT2D eigenvalue weighted by molar-refractivity contribution is 5.63. The van der Waals surface area contributed by atoms with E-state index in [0.29, 0.717) is 12.5 Å². The minimum atomic E-state index is -0.554. The van der Waals surface area contributed by atoms with E-state index in [1.165, 1.54) is 0 Å². The average molecular weight is 197 g/mol. The molecule has 1 heterocycles. The van der Waals surface area contributed by atoms with Crippen LogP contribution in [0.3, 0.4) is 0 Å². The van der Waals surface area contributed by atoms with E-state index in [0.717, 1.165) is 12.2 Å². The molecule has 2 N–H and O–H groups in total. The first-order valence-corrected chi connectivity index (χ1v) is 4.91. The van der Waals surface area contributed by atoms with E-state index in [9.17, 15) is 5.11 Å². The molecule has 1 aliphatic heterocycles. The highest BCUT2D eigenvalue weighted by atomic mass is 16.3. The minimum Gasteiger partial charge on any atom is -0.372 e. The summed E-state index contributed by atoms with van der Waals surface area (Å²) in [7, 11) is 3.84. The maximum Gasteiger partial charge on any atom is 0.138 e. The first-order valence-electron chi connectivity index (χ1n) is 4.91. The van der Waals surface area contributed by atoms with Crippen LogP contribution in [0.1, 0.15) is 13.3 Å². The summed E-state index contributed by atoms with van der Waals surface area (Å²) in [6.45, 7) is 2.70. The van der Waals surface area contributed by atoms with Crippen LogP contribution in [-0.2, 0) is 0 Å². The molecule has 0 amide bonds. The largest absolute Gasteiger partial charge is 0.372 e. The fourth-order valence-corrected chi connectivity index (χ4v) is 1.28. The van der Waals surface area contributed by atoms with Crippen molar-refractivity contribution >= 4 is 6.21 Å². The molecule has 1 aliphatic rings.